The molecule has 30 heavy (non-hydrogen) atoms. The van der Waals surface area contributed by atoms with Gasteiger partial charge in [-0.3, -0.25) is 4.79 Å². The first-order valence-corrected chi connectivity index (χ1v) is 10.0. The fraction of sp³-hybridized carbons (Fsp3) is 0.250. The fourth-order valence-electron chi connectivity index (χ4n) is 3.43. The molecule has 0 radical (unpaired) electrons. The standard InChI is InChI=1S/C24H25N3O3/c1-29-20-9-7-18(8-10-20)17-25-24(28)21-11-12-22(19-5-3-2-4-6-19)26-23(21)27-13-15-30-16-14-27/h2-12H,13-17H2,1H3,(H,25,28). The molecule has 1 aliphatic heterocycles. The first-order valence-electron chi connectivity index (χ1n) is 10.0. The molecule has 1 aromatic heterocycles. The molecule has 2 heterocycles. The van der Waals surface area contributed by atoms with Crippen LogP contribution in [0.4, 0.5) is 5.82 Å². The Morgan fingerprint density at radius 3 is 2.47 bits per heavy atom. The van der Waals surface area contributed by atoms with Crippen LogP contribution in [0.1, 0.15) is 15.9 Å². The van der Waals surface area contributed by atoms with Crippen LogP contribution in [0.15, 0.2) is 66.7 Å². The number of morpholine rings is 1. The third kappa shape index (κ3) is 4.60. The van der Waals surface area contributed by atoms with Gasteiger partial charge in [0.05, 0.1) is 31.6 Å². The lowest BCUT2D eigenvalue weighted by atomic mass is 10.1. The average molecular weight is 403 g/mol. The second kappa shape index (κ2) is 9.41. The first kappa shape index (κ1) is 19.9. The van der Waals surface area contributed by atoms with E-state index in [1.165, 1.54) is 0 Å². The number of rotatable bonds is 6. The van der Waals surface area contributed by atoms with Crippen LogP contribution in [0.3, 0.4) is 0 Å². The molecule has 3 aromatic rings. The predicted octanol–water partition coefficient (Wildman–Crippen LogP) is 3.52. The molecule has 1 amide bonds. The van der Waals surface area contributed by atoms with Gasteiger partial charge < -0.3 is 19.7 Å². The molecule has 1 aliphatic rings. The lowest BCUT2D eigenvalue weighted by Gasteiger charge is -2.29. The summed E-state index contributed by atoms with van der Waals surface area (Å²) in [6.45, 7) is 3.12. The van der Waals surface area contributed by atoms with Gasteiger partial charge in [-0.1, -0.05) is 42.5 Å². The summed E-state index contributed by atoms with van der Waals surface area (Å²) >= 11 is 0. The Balaban J connectivity index is 1.57. The number of carbonyl (C=O) groups excluding carboxylic acids is 1. The molecule has 0 unspecified atom stereocenters. The van der Waals surface area contributed by atoms with Gasteiger partial charge in [0.25, 0.3) is 5.91 Å². The number of methoxy groups -OCH3 is 1. The number of anilines is 1. The zero-order valence-electron chi connectivity index (χ0n) is 17.0. The number of amides is 1. The van der Waals surface area contributed by atoms with Crippen molar-refractivity contribution in [2.24, 2.45) is 0 Å². The van der Waals surface area contributed by atoms with E-state index in [1.807, 2.05) is 66.7 Å². The molecule has 1 N–H and O–H groups in total. The maximum absolute atomic E-state index is 13.0. The normalized spacial score (nSPS) is 13.7. The minimum atomic E-state index is -0.139. The van der Waals surface area contributed by atoms with E-state index in [1.54, 1.807) is 7.11 Å². The van der Waals surface area contributed by atoms with E-state index >= 15 is 0 Å². The number of pyridine rings is 1. The second-order valence-electron chi connectivity index (χ2n) is 7.06. The summed E-state index contributed by atoms with van der Waals surface area (Å²) < 4.78 is 10.7. The number of hydrogen-bond donors (Lipinski definition) is 1. The Kier molecular flexibility index (Phi) is 6.25. The number of nitrogens with zero attached hydrogens (tertiary/aromatic N) is 2. The molecule has 0 atom stereocenters. The van der Waals surface area contributed by atoms with Gasteiger partial charge in [0.15, 0.2) is 0 Å². The molecule has 6 heteroatoms. The van der Waals surface area contributed by atoms with Gasteiger partial charge in [-0.05, 0) is 29.8 Å². The van der Waals surface area contributed by atoms with E-state index in [0.29, 0.717) is 44.2 Å². The molecule has 2 aromatic carbocycles. The zero-order chi connectivity index (χ0) is 20.8. The predicted molar refractivity (Wildman–Crippen MR) is 117 cm³/mol. The Hall–Kier alpha value is -3.38. The van der Waals surface area contributed by atoms with Crippen molar-refractivity contribution < 1.29 is 14.3 Å². The molecule has 1 fully saturated rings. The third-order valence-electron chi connectivity index (χ3n) is 5.11. The Morgan fingerprint density at radius 2 is 1.77 bits per heavy atom. The van der Waals surface area contributed by atoms with Gasteiger partial charge in [-0.15, -0.1) is 0 Å². The van der Waals surface area contributed by atoms with Crippen LogP contribution in [0.2, 0.25) is 0 Å². The molecule has 4 rings (SSSR count). The Bertz CT molecular complexity index is 984. The number of benzene rings is 2. The van der Waals surface area contributed by atoms with E-state index in [9.17, 15) is 4.79 Å². The molecule has 0 bridgehead atoms. The van der Waals surface area contributed by atoms with Gasteiger partial charge in [-0.25, -0.2) is 4.98 Å². The summed E-state index contributed by atoms with van der Waals surface area (Å²) in [5.74, 6) is 1.35. The SMILES string of the molecule is COc1ccc(CNC(=O)c2ccc(-c3ccccc3)nc2N2CCOCC2)cc1. The van der Waals surface area contributed by atoms with E-state index in [4.69, 9.17) is 14.5 Å². The van der Waals surface area contributed by atoms with Crippen LogP contribution in [0, 0.1) is 0 Å². The zero-order valence-corrected chi connectivity index (χ0v) is 17.0. The number of nitrogens with one attached hydrogen (secondary N) is 1. The highest BCUT2D eigenvalue weighted by atomic mass is 16.5. The third-order valence-corrected chi connectivity index (χ3v) is 5.11. The van der Waals surface area contributed by atoms with E-state index in [0.717, 1.165) is 22.6 Å². The number of hydrogen-bond acceptors (Lipinski definition) is 5. The highest BCUT2D eigenvalue weighted by Crippen LogP contribution is 2.25. The minimum Gasteiger partial charge on any atom is -0.497 e. The Morgan fingerprint density at radius 1 is 1.03 bits per heavy atom. The fourth-order valence-corrected chi connectivity index (χ4v) is 3.43. The smallest absolute Gasteiger partial charge is 0.255 e. The molecule has 154 valence electrons. The van der Waals surface area contributed by atoms with E-state index in [-0.39, 0.29) is 5.91 Å². The highest BCUT2D eigenvalue weighted by Gasteiger charge is 2.21. The van der Waals surface area contributed by atoms with Crippen molar-refractivity contribution in [2.45, 2.75) is 6.54 Å². The van der Waals surface area contributed by atoms with Crippen molar-refractivity contribution in [2.75, 3.05) is 38.3 Å². The van der Waals surface area contributed by atoms with Crippen LogP contribution in [0.5, 0.6) is 5.75 Å². The maximum atomic E-state index is 13.0. The highest BCUT2D eigenvalue weighted by molar-refractivity contribution is 5.99. The summed E-state index contributed by atoms with van der Waals surface area (Å²) in [6.07, 6.45) is 0. The minimum absolute atomic E-state index is 0.139. The number of aromatic nitrogens is 1. The van der Waals surface area contributed by atoms with E-state index in [2.05, 4.69) is 10.2 Å². The van der Waals surface area contributed by atoms with Gasteiger partial charge in [0.2, 0.25) is 0 Å². The van der Waals surface area contributed by atoms with Crippen molar-refractivity contribution in [3.05, 3.63) is 77.9 Å². The van der Waals surface area contributed by atoms with Gasteiger partial charge in [0.1, 0.15) is 11.6 Å². The van der Waals surface area contributed by atoms with Crippen molar-refractivity contribution in [3.63, 3.8) is 0 Å². The largest absolute Gasteiger partial charge is 0.497 e. The quantitative estimate of drug-likeness (QED) is 0.682. The van der Waals surface area contributed by atoms with Crippen molar-refractivity contribution in [1.29, 1.82) is 0 Å². The molecule has 0 aliphatic carbocycles. The molecular weight excluding hydrogens is 378 g/mol. The van der Waals surface area contributed by atoms with Crippen molar-refractivity contribution in [3.8, 4) is 17.0 Å². The van der Waals surface area contributed by atoms with Gasteiger partial charge in [0, 0.05) is 25.2 Å². The van der Waals surface area contributed by atoms with Crippen molar-refractivity contribution in [1.82, 2.24) is 10.3 Å². The lowest BCUT2D eigenvalue weighted by Crippen LogP contribution is -2.38. The summed E-state index contributed by atoms with van der Waals surface area (Å²) in [6, 6.07) is 21.4. The topological polar surface area (TPSA) is 63.7 Å². The van der Waals surface area contributed by atoms with Crippen LogP contribution >= 0.6 is 0 Å². The van der Waals surface area contributed by atoms with E-state index < -0.39 is 0 Å². The monoisotopic (exact) mass is 403 g/mol. The molecule has 0 saturated carbocycles. The summed E-state index contributed by atoms with van der Waals surface area (Å²) in [5, 5.41) is 3.01. The lowest BCUT2D eigenvalue weighted by molar-refractivity contribution is 0.0949. The van der Waals surface area contributed by atoms with Gasteiger partial charge >= 0.3 is 0 Å². The summed E-state index contributed by atoms with van der Waals surface area (Å²) in [7, 11) is 1.63. The summed E-state index contributed by atoms with van der Waals surface area (Å²) in [5.41, 5.74) is 3.46. The molecule has 6 nitrogen and oxygen atoms in total. The number of carbonyl (C=O) groups is 1. The van der Waals surface area contributed by atoms with Crippen molar-refractivity contribution >= 4 is 11.7 Å². The van der Waals surface area contributed by atoms with Crippen LogP contribution in [-0.2, 0) is 11.3 Å². The molecule has 1 saturated heterocycles. The first-order chi connectivity index (χ1) is 14.7. The number of ether oxygens (including phenoxy) is 2. The van der Waals surface area contributed by atoms with Crippen LogP contribution in [-0.4, -0.2) is 44.3 Å². The molecule has 0 spiro atoms. The van der Waals surface area contributed by atoms with Gasteiger partial charge in [-0.2, -0.15) is 0 Å². The Labute approximate surface area is 176 Å². The van der Waals surface area contributed by atoms with Crippen LogP contribution in [0.25, 0.3) is 11.3 Å². The second-order valence-corrected chi connectivity index (χ2v) is 7.06. The molecular formula is C24H25N3O3. The maximum Gasteiger partial charge on any atom is 0.255 e. The average Bonchev–Trinajstić information content (AvgIpc) is 2.83. The van der Waals surface area contributed by atoms with Crippen LogP contribution < -0.4 is 15.0 Å². The summed E-state index contributed by atoms with van der Waals surface area (Å²) in [4.78, 5) is 20.0.